The summed E-state index contributed by atoms with van der Waals surface area (Å²) in [7, 11) is 0. The summed E-state index contributed by atoms with van der Waals surface area (Å²) in [6.07, 6.45) is 8.47. The number of nitrogens with two attached hydrogens (primary N) is 1. The van der Waals surface area contributed by atoms with Crippen LogP contribution < -0.4 is 11.1 Å². The molecule has 1 heterocycles. The van der Waals surface area contributed by atoms with Crippen molar-refractivity contribution in [2.24, 2.45) is 17.6 Å². The van der Waals surface area contributed by atoms with E-state index in [0.717, 1.165) is 18.4 Å². The fourth-order valence-corrected chi connectivity index (χ4v) is 2.57. The van der Waals surface area contributed by atoms with Gasteiger partial charge in [0.2, 0.25) is 0 Å². The van der Waals surface area contributed by atoms with Crippen molar-refractivity contribution in [1.29, 1.82) is 0 Å². The number of hydrogen-bond acceptors (Lipinski definition) is 2. The lowest BCUT2D eigenvalue weighted by Crippen LogP contribution is -2.27. The topological polar surface area (TPSA) is 38.0 Å². The van der Waals surface area contributed by atoms with Crippen LogP contribution in [0.3, 0.4) is 0 Å². The summed E-state index contributed by atoms with van der Waals surface area (Å²) in [5.41, 5.74) is 5.58. The Morgan fingerprint density at radius 3 is 3.25 bits per heavy atom. The Morgan fingerprint density at radius 1 is 1.50 bits per heavy atom. The van der Waals surface area contributed by atoms with Crippen molar-refractivity contribution >= 4 is 0 Å². The van der Waals surface area contributed by atoms with E-state index < -0.39 is 0 Å². The van der Waals surface area contributed by atoms with Gasteiger partial charge in [0.05, 0.1) is 0 Å². The molecular formula is C10H18N2. The fourth-order valence-electron chi connectivity index (χ4n) is 2.57. The molecule has 1 aliphatic carbocycles. The van der Waals surface area contributed by atoms with Gasteiger partial charge in [-0.25, -0.2) is 0 Å². The van der Waals surface area contributed by atoms with E-state index in [0.29, 0.717) is 6.04 Å². The van der Waals surface area contributed by atoms with Crippen LogP contribution in [-0.4, -0.2) is 19.1 Å². The monoisotopic (exact) mass is 166 g/mol. The molecule has 0 amide bonds. The molecule has 0 aromatic carbocycles. The van der Waals surface area contributed by atoms with Crippen molar-refractivity contribution in [3.63, 3.8) is 0 Å². The maximum Gasteiger partial charge on any atom is 0.0281 e. The molecule has 2 aliphatic rings. The Hall–Kier alpha value is -0.340. The molecule has 2 rings (SSSR count). The lowest BCUT2D eigenvalue weighted by atomic mass is 9.82. The Balaban J connectivity index is 1.98. The van der Waals surface area contributed by atoms with E-state index in [1.165, 1.54) is 25.8 Å². The summed E-state index contributed by atoms with van der Waals surface area (Å²) in [5.74, 6) is 1.71. The molecule has 1 fully saturated rings. The van der Waals surface area contributed by atoms with Crippen LogP contribution in [0.1, 0.15) is 19.3 Å². The molecule has 3 N–H and O–H groups in total. The van der Waals surface area contributed by atoms with Gasteiger partial charge in [0, 0.05) is 6.04 Å². The molecule has 0 aromatic heterocycles. The van der Waals surface area contributed by atoms with Crippen LogP contribution >= 0.6 is 0 Å². The third kappa shape index (κ3) is 1.41. The van der Waals surface area contributed by atoms with Crippen LogP contribution in [0.4, 0.5) is 0 Å². The van der Waals surface area contributed by atoms with Crippen LogP contribution in [0.25, 0.3) is 0 Å². The molecule has 3 unspecified atom stereocenters. The third-order valence-electron chi connectivity index (χ3n) is 3.23. The number of nitrogens with one attached hydrogen (secondary N) is 1. The number of fused-ring (bicyclic) bond motifs is 1. The van der Waals surface area contributed by atoms with Crippen LogP contribution in [0.2, 0.25) is 0 Å². The molecule has 3 atom stereocenters. The van der Waals surface area contributed by atoms with Gasteiger partial charge in [-0.2, -0.15) is 0 Å². The van der Waals surface area contributed by atoms with E-state index in [1.807, 2.05) is 0 Å². The van der Waals surface area contributed by atoms with E-state index in [9.17, 15) is 0 Å². The zero-order valence-corrected chi connectivity index (χ0v) is 7.50. The van der Waals surface area contributed by atoms with Gasteiger partial charge in [-0.1, -0.05) is 12.2 Å². The van der Waals surface area contributed by atoms with Crippen molar-refractivity contribution in [2.75, 3.05) is 13.1 Å². The van der Waals surface area contributed by atoms with Crippen LogP contribution in [0.15, 0.2) is 12.2 Å². The van der Waals surface area contributed by atoms with Crippen LogP contribution in [-0.2, 0) is 0 Å². The van der Waals surface area contributed by atoms with Gasteiger partial charge in [-0.15, -0.1) is 0 Å². The summed E-state index contributed by atoms with van der Waals surface area (Å²) < 4.78 is 0. The quantitative estimate of drug-likeness (QED) is 0.598. The predicted molar refractivity (Wildman–Crippen MR) is 50.8 cm³/mol. The highest BCUT2D eigenvalue weighted by atomic mass is 15.0. The predicted octanol–water partition coefficient (Wildman–Crippen LogP) is 0.889. The molecule has 1 aliphatic heterocycles. The molecule has 0 aromatic rings. The number of rotatable bonds is 2. The van der Waals surface area contributed by atoms with Gasteiger partial charge in [0.15, 0.2) is 0 Å². The Kier molecular flexibility index (Phi) is 2.47. The van der Waals surface area contributed by atoms with E-state index in [2.05, 4.69) is 17.5 Å². The first-order valence-corrected chi connectivity index (χ1v) is 5.02. The third-order valence-corrected chi connectivity index (χ3v) is 3.23. The maximum absolute atomic E-state index is 5.58. The lowest BCUT2D eigenvalue weighted by Gasteiger charge is -2.24. The van der Waals surface area contributed by atoms with E-state index in [4.69, 9.17) is 5.73 Å². The highest BCUT2D eigenvalue weighted by molar-refractivity contribution is 5.07. The standard InChI is InChI=1S/C10H18N2/c11-6-5-8-7-12-10-4-2-1-3-9(8)10/h2,4,8-10,12H,1,3,5-7,11H2. The first-order chi connectivity index (χ1) is 5.92. The smallest absolute Gasteiger partial charge is 0.0281 e. The van der Waals surface area contributed by atoms with Gasteiger partial charge < -0.3 is 11.1 Å². The maximum atomic E-state index is 5.58. The molecule has 1 saturated heterocycles. The Bertz CT molecular complexity index is 177. The zero-order chi connectivity index (χ0) is 8.39. The van der Waals surface area contributed by atoms with Gasteiger partial charge >= 0.3 is 0 Å². The second-order valence-corrected chi connectivity index (χ2v) is 3.94. The molecule has 0 bridgehead atoms. The second-order valence-electron chi connectivity index (χ2n) is 3.94. The van der Waals surface area contributed by atoms with Crippen LogP contribution in [0.5, 0.6) is 0 Å². The summed E-state index contributed by atoms with van der Waals surface area (Å²) in [4.78, 5) is 0. The molecule has 0 spiro atoms. The minimum Gasteiger partial charge on any atom is -0.330 e. The highest BCUT2D eigenvalue weighted by Crippen LogP contribution is 2.32. The Labute approximate surface area is 74.2 Å². The molecule has 2 nitrogen and oxygen atoms in total. The first kappa shape index (κ1) is 8.27. The highest BCUT2D eigenvalue weighted by Gasteiger charge is 2.34. The minimum absolute atomic E-state index is 0.662. The molecule has 2 heteroatoms. The van der Waals surface area contributed by atoms with Crippen molar-refractivity contribution in [2.45, 2.75) is 25.3 Å². The molecular weight excluding hydrogens is 148 g/mol. The first-order valence-electron chi connectivity index (χ1n) is 5.02. The zero-order valence-electron chi connectivity index (χ0n) is 7.50. The molecule has 0 saturated carbocycles. The van der Waals surface area contributed by atoms with Crippen LogP contribution in [0, 0.1) is 11.8 Å². The lowest BCUT2D eigenvalue weighted by molar-refractivity contribution is 0.344. The van der Waals surface area contributed by atoms with Crippen molar-refractivity contribution < 1.29 is 0 Å². The van der Waals surface area contributed by atoms with Gasteiger partial charge in [0.1, 0.15) is 0 Å². The van der Waals surface area contributed by atoms with Crippen molar-refractivity contribution in [3.05, 3.63) is 12.2 Å². The van der Waals surface area contributed by atoms with Gasteiger partial charge in [-0.3, -0.25) is 0 Å². The summed E-state index contributed by atoms with van der Waals surface area (Å²) >= 11 is 0. The summed E-state index contributed by atoms with van der Waals surface area (Å²) in [6, 6.07) is 0.662. The summed E-state index contributed by atoms with van der Waals surface area (Å²) in [5, 5.41) is 3.55. The number of hydrogen-bond donors (Lipinski definition) is 2. The van der Waals surface area contributed by atoms with Crippen molar-refractivity contribution in [3.8, 4) is 0 Å². The average molecular weight is 166 g/mol. The normalized spacial score (nSPS) is 39.9. The molecule has 12 heavy (non-hydrogen) atoms. The molecule has 68 valence electrons. The second kappa shape index (κ2) is 3.58. The van der Waals surface area contributed by atoms with Gasteiger partial charge in [0.25, 0.3) is 0 Å². The van der Waals surface area contributed by atoms with Crippen molar-refractivity contribution in [1.82, 2.24) is 5.32 Å². The average Bonchev–Trinajstić information content (AvgIpc) is 2.50. The molecule has 0 radical (unpaired) electrons. The van der Waals surface area contributed by atoms with E-state index >= 15 is 0 Å². The largest absolute Gasteiger partial charge is 0.330 e. The number of allylic oxidation sites excluding steroid dienone is 1. The van der Waals surface area contributed by atoms with E-state index in [1.54, 1.807) is 0 Å². The van der Waals surface area contributed by atoms with Gasteiger partial charge in [-0.05, 0) is 44.2 Å². The summed E-state index contributed by atoms with van der Waals surface area (Å²) in [6.45, 7) is 2.02. The Morgan fingerprint density at radius 2 is 2.42 bits per heavy atom. The van der Waals surface area contributed by atoms with E-state index in [-0.39, 0.29) is 0 Å². The minimum atomic E-state index is 0.662. The fraction of sp³-hybridized carbons (Fsp3) is 0.800. The SMILES string of the molecule is NCCC1CNC2C=CCCC12.